The van der Waals surface area contributed by atoms with Gasteiger partial charge in [-0.25, -0.2) is 9.20 Å². The molecule has 0 saturated heterocycles. The molecule has 0 unspecified atom stereocenters. The molecule has 3 aromatic heterocycles. The fourth-order valence-corrected chi connectivity index (χ4v) is 6.31. The minimum Gasteiger partial charge on any atom is -0.330 e. The lowest BCUT2D eigenvalue weighted by atomic mass is 9.97. The van der Waals surface area contributed by atoms with Crippen LogP contribution in [0.15, 0.2) is 70.2 Å². The standard InChI is InChI=1S/C32H30BrF3N6O2/c1-18(2)13-22-16-37-42-28-17-39(30(43)21-5-10-27(33)26(15-21)32(34,35)36)20(4)14-25(28)31(44)41(29(22)42)24-8-6-23(7-9-24)40-12-11-19(3)38-40/h5-12,15-16,18,20H,13-14,17H2,1-4H3/t20-/m0/s1. The molecule has 0 spiro atoms. The second kappa shape index (κ2) is 11.1. The van der Waals surface area contributed by atoms with Gasteiger partial charge < -0.3 is 4.90 Å². The van der Waals surface area contributed by atoms with Crippen molar-refractivity contribution < 1.29 is 18.0 Å². The molecule has 0 bridgehead atoms. The van der Waals surface area contributed by atoms with Crippen LogP contribution in [0.1, 0.15) is 59.2 Å². The van der Waals surface area contributed by atoms with Gasteiger partial charge in [0, 0.05) is 33.4 Å². The van der Waals surface area contributed by atoms with Crippen LogP contribution < -0.4 is 5.56 Å². The zero-order valence-corrected chi connectivity index (χ0v) is 26.1. The number of aryl methyl sites for hydroxylation is 1. The van der Waals surface area contributed by atoms with Crippen LogP contribution in [0, 0.1) is 12.8 Å². The summed E-state index contributed by atoms with van der Waals surface area (Å²) in [5, 5.41) is 9.14. The first-order valence-corrected chi connectivity index (χ1v) is 15.1. The molecule has 1 aliphatic heterocycles. The first kappa shape index (κ1) is 29.9. The van der Waals surface area contributed by atoms with Crippen LogP contribution in [0.2, 0.25) is 0 Å². The average Bonchev–Trinajstić information content (AvgIpc) is 3.59. The summed E-state index contributed by atoms with van der Waals surface area (Å²) in [7, 11) is 0. The Hall–Kier alpha value is -4.19. The van der Waals surface area contributed by atoms with Crippen LogP contribution in [-0.4, -0.2) is 40.8 Å². The highest BCUT2D eigenvalue weighted by atomic mass is 79.9. The Labute approximate surface area is 259 Å². The zero-order chi connectivity index (χ0) is 31.5. The maximum absolute atomic E-state index is 14.3. The summed E-state index contributed by atoms with van der Waals surface area (Å²) in [4.78, 5) is 29.4. The Morgan fingerprint density at radius 2 is 1.80 bits per heavy atom. The van der Waals surface area contributed by atoms with Gasteiger partial charge in [-0.05, 0) is 81.1 Å². The van der Waals surface area contributed by atoms with Crippen molar-refractivity contribution in [3.05, 3.63) is 109 Å². The van der Waals surface area contributed by atoms with Gasteiger partial charge in [-0.1, -0.05) is 29.8 Å². The van der Waals surface area contributed by atoms with E-state index < -0.39 is 23.7 Å². The minimum atomic E-state index is -4.62. The van der Waals surface area contributed by atoms with Crippen molar-refractivity contribution in [3.8, 4) is 11.4 Å². The molecule has 0 N–H and O–H groups in total. The predicted molar refractivity (Wildman–Crippen MR) is 163 cm³/mol. The SMILES string of the molecule is Cc1ccn(-c2ccc(-n3c(=O)c4c(n5ncc(CC(C)C)c35)CN(C(=O)c3ccc(Br)c(C(F)(F)F)c3)[C@@H](C)C4)cc2)n1. The third-order valence-corrected chi connectivity index (χ3v) is 8.64. The van der Waals surface area contributed by atoms with Crippen LogP contribution in [0.5, 0.6) is 0 Å². The number of carbonyl (C=O) groups excluding carboxylic acids is 1. The van der Waals surface area contributed by atoms with Crippen molar-refractivity contribution in [1.82, 2.24) is 28.9 Å². The second-order valence-electron chi connectivity index (χ2n) is 11.7. The van der Waals surface area contributed by atoms with E-state index in [9.17, 15) is 22.8 Å². The highest BCUT2D eigenvalue weighted by Crippen LogP contribution is 2.36. The molecule has 12 heteroatoms. The molecule has 6 rings (SSSR count). The lowest BCUT2D eigenvalue weighted by Gasteiger charge is -2.35. The molecule has 44 heavy (non-hydrogen) atoms. The quantitative estimate of drug-likeness (QED) is 0.213. The van der Waals surface area contributed by atoms with Crippen molar-refractivity contribution in [2.24, 2.45) is 5.92 Å². The Kier molecular flexibility index (Phi) is 7.51. The summed E-state index contributed by atoms with van der Waals surface area (Å²) in [5.74, 6) is -0.260. The molecule has 1 atom stereocenters. The Bertz CT molecular complexity index is 1960. The van der Waals surface area contributed by atoms with E-state index in [1.165, 1.54) is 17.0 Å². The lowest BCUT2D eigenvalue weighted by Crippen LogP contribution is -2.46. The molecule has 8 nitrogen and oxygen atoms in total. The number of benzene rings is 2. The topological polar surface area (TPSA) is 77.4 Å². The summed E-state index contributed by atoms with van der Waals surface area (Å²) in [6.45, 7) is 7.91. The van der Waals surface area contributed by atoms with Crippen molar-refractivity contribution in [2.75, 3.05) is 0 Å². The highest BCUT2D eigenvalue weighted by molar-refractivity contribution is 9.10. The Morgan fingerprint density at radius 1 is 1.09 bits per heavy atom. The number of carbonyl (C=O) groups is 1. The molecule has 228 valence electrons. The highest BCUT2D eigenvalue weighted by Gasteiger charge is 2.36. The maximum atomic E-state index is 14.3. The van der Waals surface area contributed by atoms with Gasteiger partial charge >= 0.3 is 6.18 Å². The Balaban J connectivity index is 1.46. The van der Waals surface area contributed by atoms with Crippen LogP contribution in [0.3, 0.4) is 0 Å². The fourth-order valence-electron chi connectivity index (χ4n) is 5.83. The smallest absolute Gasteiger partial charge is 0.330 e. The number of nitrogens with zero attached hydrogens (tertiary/aromatic N) is 6. The molecule has 4 heterocycles. The van der Waals surface area contributed by atoms with Gasteiger partial charge in [-0.3, -0.25) is 14.2 Å². The predicted octanol–water partition coefficient (Wildman–Crippen LogP) is 6.55. The number of hydrogen-bond donors (Lipinski definition) is 0. The van der Waals surface area contributed by atoms with Crippen LogP contribution in [0.25, 0.3) is 17.0 Å². The van der Waals surface area contributed by atoms with Gasteiger partial charge in [0.2, 0.25) is 0 Å². The van der Waals surface area contributed by atoms with Crippen LogP contribution >= 0.6 is 15.9 Å². The number of aromatic nitrogens is 5. The number of hydrogen-bond acceptors (Lipinski definition) is 4. The molecular weight excluding hydrogens is 637 g/mol. The van der Waals surface area contributed by atoms with Crippen LogP contribution in [-0.2, 0) is 25.6 Å². The summed E-state index contributed by atoms with van der Waals surface area (Å²) >= 11 is 2.94. The van der Waals surface area contributed by atoms with Gasteiger partial charge in [0.25, 0.3) is 11.5 Å². The second-order valence-corrected chi connectivity index (χ2v) is 12.5. The molecule has 1 aliphatic rings. The molecule has 0 radical (unpaired) electrons. The van der Waals surface area contributed by atoms with E-state index in [1.807, 2.05) is 43.5 Å². The van der Waals surface area contributed by atoms with Gasteiger partial charge in [0.1, 0.15) is 5.65 Å². The van der Waals surface area contributed by atoms with Gasteiger partial charge in [-0.2, -0.15) is 23.4 Å². The monoisotopic (exact) mass is 666 g/mol. The summed E-state index contributed by atoms with van der Waals surface area (Å²) in [6.07, 6.45) is -0.101. The number of fused-ring (bicyclic) bond motifs is 3. The summed E-state index contributed by atoms with van der Waals surface area (Å²) in [6, 6.07) is 12.5. The first-order valence-electron chi connectivity index (χ1n) is 14.3. The van der Waals surface area contributed by atoms with E-state index in [1.54, 1.807) is 26.9 Å². The van der Waals surface area contributed by atoms with Crippen molar-refractivity contribution in [2.45, 2.75) is 59.3 Å². The van der Waals surface area contributed by atoms with Crippen molar-refractivity contribution in [1.29, 1.82) is 0 Å². The van der Waals surface area contributed by atoms with Gasteiger partial charge in [0.15, 0.2) is 0 Å². The van der Waals surface area contributed by atoms with Crippen molar-refractivity contribution in [3.63, 3.8) is 0 Å². The minimum absolute atomic E-state index is 0.0275. The average molecular weight is 668 g/mol. The summed E-state index contributed by atoms with van der Waals surface area (Å²) in [5.41, 5.74) is 3.77. The molecule has 0 aliphatic carbocycles. The number of alkyl halides is 3. The number of rotatable bonds is 5. The molecule has 0 saturated carbocycles. The molecule has 1 amide bonds. The third kappa shape index (κ3) is 5.25. The Morgan fingerprint density at radius 3 is 2.43 bits per heavy atom. The summed E-state index contributed by atoms with van der Waals surface area (Å²) < 4.78 is 45.8. The first-order chi connectivity index (χ1) is 20.8. The van der Waals surface area contributed by atoms with E-state index in [0.29, 0.717) is 29.0 Å². The van der Waals surface area contributed by atoms with E-state index >= 15 is 0 Å². The fraction of sp³-hybridized carbons (Fsp3) is 0.312. The normalized spacial score (nSPS) is 15.3. The van der Waals surface area contributed by atoms with E-state index in [-0.39, 0.29) is 34.5 Å². The number of amides is 1. The molecule has 2 aromatic carbocycles. The molecular formula is C32H30BrF3N6O2. The van der Waals surface area contributed by atoms with Crippen LogP contribution in [0.4, 0.5) is 13.2 Å². The zero-order valence-electron chi connectivity index (χ0n) is 24.6. The van der Waals surface area contributed by atoms with E-state index in [0.717, 1.165) is 23.0 Å². The van der Waals surface area contributed by atoms with E-state index in [2.05, 4.69) is 40.0 Å². The number of halogens is 4. The van der Waals surface area contributed by atoms with Gasteiger partial charge in [0.05, 0.1) is 41.1 Å². The van der Waals surface area contributed by atoms with E-state index in [4.69, 9.17) is 0 Å². The van der Waals surface area contributed by atoms with Crippen molar-refractivity contribution >= 4 is 27.5 Å². The molecule has 0 fully saturated rings. The third-order valence-electron chi connectivity index (χ3n) is 7.95. The lowest BCUT2D eigenvalue weighted by molar-refractivity contribution is -0.138. The molecule has 5 aromatic rings. The largest absolute Gasteiger partial charge is 0.417 e. The maximum Gasteiger partial charge on any atom is 0.417 e. The van der Waals surface area contributed by atoms with Gasteiger partial charge in [-0.15, -0.1) is 0 Å².